The number of carbonyl (C=O) groups is 1. The van der Waals surface area contributed by atoms with Crippen molar-refractivity contribution in [1.29, 1.82) is 0 Å². The first-order chi connectivity index (χ1) is 13.1. The first-order valence-corrected chi connectivity index (χ1v) is 8.59. The molecule has 0 spiro atoms. The van der Waals surface area contributed by atoms with Crippen molar-refractivity contribution in [3.8, 4) is 11.3 Å². The Labute approximate surface area is 155 Å². The summed E-state index contributed by atoms with van der Waals surface area (Å²) in [5, 5.41) is 11.0. The van der Waals surface area contributed by atoms with Crippen LogP contribution in [0.15, 0.2) is 55.0 Å². The number of aryl methyl sites for hydroxylation is 1. The number of halogens is 1. The van der Waals surface area contributed by atoms with Crippen LogP contribution in [0.3, 0.4) is 0 Å². The van der Waals surface area contributed by atoms with E-state index in [1.54, 1.807) is 36.8 Å². The zero-order chi connectivity index (χ0) is 18.8. The van der Waals surface area contributed by atoms with E-state index in [4.69, 9.17) is 0 Å². The molecule has 0 atom stereocenters. The molecule has 4 aromatic rings. The number of carbonyl (C=O) groups excluding carboxylic acids is 1. The van der Waals surface area contributed by atoms with Gasteiger partial charge in [0.15, 0.2) is 0 Å². The molecule has 0 saturated carbocycles. The van der Waals surface area contributed by atoms with Crippen LogP contribution in [0.5, 0.6) is 0 Å². The molecule has 7 heteroatoms. The topological polar surface area (TPSA) is 75.6 Å². The normalized spacial score (nSPS) is 11.0. The molecule has 2 aromatic heterocycles. The zero-order valence-corrected chi connectivity index (χ0v) is 14.7. The maximum absolute atomic E-state index is 13.2. The summed E-state index contributed by atoms with van der Waals surface area (Å²) in [6, 6.07) is 11.5. The van der Waals surface area contributed by atoms with E-state index in [0.717, 1.165) is 22.2 Å². The van der Waals surface area contributed by atoms with Crippen molar-refractivity contribution in [3.63, 3.8) is 0 Å². The lowest BCUT2D eigenvalue weighted by Gasteiger charge is -2.06. The van der Waals surface area contributed by atoms with Crippen molar-refractivity contribution in [3.05, 3.63) is 72.1 Å². The van der Waals surface area contributed by atoms with Crippen LogP contribution in [-0.4, -0.2) is 32.2 Å². The van der Waals surface area contributed by atoms with Crippen LogP contribution in [0, 0.1) is 5.82 Å². The summed E-state index contributed by atoms with van der Waals surface area (Å²) in [5.41, 5.74) is 3.91. The minimum atomic E-state index is -0.299. The molecule has 0 saturated heterocycles. The van der Waals surface area contributed by atoms with Gasteiger partial charge in [-0.1, -0.05) is 0 Å². The highest BCUT2D eigenvalue weighted by atomic mass is 19.1. The van der Waals surface area contributed by atoms with Crippen LogP contribution in [0.25, 0.3) is 22.2 Å². The summed E-state index contributed by atoms with van der Waals surface area (Å²) in [5.74, 6) is -0.447. The van der Waals surface area contributed by atoms with Crippen molar-refractivity contribution in [2.24, 2.45) is 7.05 Å². The van der Waals surface area contributed by atoms with Gasteiger partial charge in [0.1, 0.15) is 5.82 Å². The van der Waals surface area contributed by atoms with Gasteiger partial charge in [0, 0.05) is 48.4 Å². The van der Waals surface area contributed by atoms with Crippen LogP contribution in [0.4, 0.5) is 4.39 Å². The molecule has 0 radical (unpaired) electrons. The lowest BCUT2D eigenvalue weighted by molar-refractivity contribution is 0.0954. The number of fused-ring (bicyclic) bond motifs is 1. The van der Waals surface area contributed by atoms with E-state index in [-0.39, 0.29) is 11.7 Å². The van der Waals surface area contributed by atoms with Crippen molar-refractivity contribution < 1.29 is 9.18 Å². The molecule has 136 valence electrons. The summed E-state index contributed by atoms with van der Waals surface area (Å²) < 4.78 is 15.1. The number of nitrogens with one attached hydrogen (secondary N) is 2. The molecule has 6 nitrogen and oxygen atoms in total. The molecule has 0 aliphatic carbocycles. The average Bonchev–Trinajstić information content (AvgIpc) is 3.28. The molecule has 0 bridgehead atoms. The highest BCUT2D eigenvalue weighted by Crippen LogP contribution is 2.27. The summed E-state index contributed by atoms with van der Waals surface area (Å²) in [6.45, 7) is 0.520. The van der Waals surface area contributed by atoms with Crippen molar-refractivity contribution in [1.82, 2.24) is 25.1 Å². The molecular weight excluding hydrogens is 345 g/mol. The molecule has 2 heterocycles. The van der Waals surface area contributed by atoms with Gasteiger partial charge in [0.2, 0.25) is 0 Å². The molecule has 0 fully saturated rings. The maximum Gasteiger partial charge on any atom is 0.251 e. The van der Waals surface area contributed by atoms with E-state index in [0.29, 0.717) is 24.2 Å². The number of aromatic nitrogens is 4. The van der Waals surface area contributed by atoms with Crippen LogP contribution < -0.4 is 5.32 Å². The average molecular weight is 363 g/mol. The predicted octanol–water partition coefficient (Wildman–Crippen LogP) is 3.08. The second-order valence-electron chi connectivity index (χ2n) is 6.34. The van der Waals surface area contributed by atoms with Crippen LogP contribution in [0.1, 0.15) is 16.1 Å². The van der Waals surface area contributed by atoms with Gasteiger partial charge in [0.05, 0.1) is 17.5 Å². The summed E-state index contributed by atoms with van der Waals surface area (Å²) in [4.78, 5) is 16.6. The number of aromatic amines is 1. The number of hydrogen-bond donors (Lipinski definition) is 2. The molecule has 4 rings (SSSR count). The fraction of sp³-hybridized carbons (Fsp3) is 0.150. The second-order valence-corrected chi connectivity index (χ2v) is 6.34. The van der Waals surface area contributed by atoms with Gasteiger partial charge < -0.3 is 9.88 Å². The van der Waals surface area contributed by atoms with Crippen LogP contribution in [0.2, 0.25) is 0 Å². The summed E-state index contributed by atoms with van der Waals surface area (Å²) in [7, 11) is 1.92. The lowest BCUT2D eigenvalue weighted by atomic mass is 10.1. The summed E-state index contributed by atoms with van der Waals surface area (Å²) in [6.07, 6.45) is 4.23. The Morgan fingerprint density at radius 3 is 2.78 bits per heavy atom. The van der Waals surface area contributed by atoms with Crippen molar-refractivity contribution >= 4 is 16.8 Å². The fourth-order valence-corrected chi connectivity index (χ4v) is 3.01. The fourth-order valence-electron chi connectivity index (χ4n) is 3.01. The molecule has 0 aliphatic heterocycles. The minimum absolute atomic E-state index is 0.148. The van der Waals surface area contributed by atoms with Gasteiger partial charge in [-0.2, -0.15) is 5.10 Å². The first-order valence-electron chi connectivity index (χ1n) is 8.59. The third-order valence-electron chi connectivity index (χ3n) is 4.53. The molecule has 1 amide bonds. The number of H-pyrrole nitrogens is 1. The SMILES string of the molecule is Cn1cncc1CCNC(=O)c1ccc2[nH]nc(-c3ccc(F)cc3)c2c1. The molecule has 2 N–H and O–H groups in total. The summed E-state index contributed by atoms with van der Waals surface area (Å²) >= 11 is 0. The standard InChI is InChI=1S/C20H18FN5O/c1-26-12-22-11-16(26)8-9-23-20(27)14-4-7-18-17(10-14)19(25-24-18)13-2-5-15(21)6-3-13/h2-7,10-12H,8-9H2,1H3,(H,23,27)(H,24,25). The number of amides is 1. The smallest absolute Gasteiger partial charge is 0.251 e. The third-order valence-corrected chi connectivity index (χ3v) is 4.53. The van der Waals surface area contributed by atoms with Crippen molar-refractivity contribution in [2.75, 3.05) is 6.54 Å². The van der Waals surface area contributed by atoms with Gasteiger partial charge >= 0.3 is 0 Å². The monoisotopic (exact) mass is 363 g/mol. The Bertz CT molecular complexity index is 1100. The Morgan fingerprint density at radius 1 is 1.22 bits per heavy atom. The van der Waals surface area contributed by atoms with Gasteiger partial charge in [-0.3, -0.25) is 9.89 Å². The van der Waals surface area contributed by atoms with Crippen molar-refractivity contribution in [2.45, 2.75) is 6.42 Å². The van der Waals surface area contributed by atoms with Gasteiger partial charge in [-0.25, -0.2) is 9.37 Å². The number of hydrogen-bond acceptors (Lipinski definition) is 3. The highest BCUT2D eigenvalue weighted by Gasteiger charge is 2.12. The molecule has 0 aliphatic rings. The molecule has 2 aromatic carbocycles. The van der Waals surface area contributed by atoms with Gasteiger partial charge in [-0.15, -0.1) is 0 Å². The zero-order valence-electron chi connectivity index (χ0n) is 14.7. The quantitative estimate of drug-likeness (QED) is 0.572. The highest BCUT2D eigenvalue weighted by molar-refractivity contribution is 6.01. The maximum atomic E-state index is 13.2. The van der Waals surface area contributed by atoms with E-state index in [1.165, 1.54) is 12.1 Å². The molecular formula is C20H18FN5O. The van der Waals surface area contributed by atoms with Gasteiger partial charge in [0.25, 0.3) is 5.91 Å². The van der Waals surface area contributed by atoms with E-state index >= 15 is 0 Å². The second kappa shape index (κ2) is 7.03. The van der Waals surface area contributed by atoms with Crippen LogP contribution in [-0.2, 0) is 13.5 Å². The Hall–Kier alpha value is -3.48. The number of imidazole rings is 1. The Kier molecular flexibility index (Phi) is 4.42. The Balaban J connectivity index is 1.53. The molecule has 27 heavy (non-hydrogen) atoms. The first kappa shape index (κ1) is 17.0. The van der Waals surface area contributed by atoms with E-state index in [1.807, 2.05) is 17.7 Å². The lowest BCUT2D eigenvalue weighted by Crippen LogP contribution is -2.26. The predicted molar refractivity (Wildman–Crippen MR) is 101 cm³/mol. The number of benzene rings is 2. The van der Waals surface area contributed by atoms with Crippen LogP contribution >= 0.6 is 0 Å². The number of rotatable bonds is 5. The minimum Gasteiger partial charge on any atom is -0.352 e. The third kappa shape index (κ3) is 3.44. The van der Waals surface area contributed by atoms with E-state index in [9.17, 15) is 9.18 Å². The largest absolute Gasteiger partial charge is 0.352 e. The number of nitrogens with zero attached hydrogens (tertiary/aromatic N) is 3. The van der Waals surface area contributed by atoms with E-state index < -0.39 is 0 Å². The van der Waals surface area contributed by atoms with Gasteiger partial charge in [-0.05, 0) is 42.5 Å². The Morgan fingerprint density at radius 2 is 2.04 bits per heavy atom. The molecule has 0 unspecified atom stereocenters. The van der Waals surface area contributed by atoms with E-state index in [2.05, 4.69) is 20.5 Å².